The molecule has 5 nitrogen and oxygen atoms in total. The third kappa shape index (κ3) is 2.56. The van der Waals surface area contributed by atoms with Crippen molar-refractivity contribution >= 4 is 11.6 Å². The normalized spacial score (nSPS) is 19.0. The Morgan fingerprint density at radius 3 is 2.78 bits per heavy atom. The number of nitrogens with zero attached hydrogens (tertiary/aromatic N) is 3. The van der Waals surface area contributed by atoms with Gasteiger partial charge in [-0.1, -0.05) is 0 Å². The zero-order valence-corrected chi connectivity index (χ0v) is 11.7. The van der Waals surface area contributed by atoms with Crippen molar-refractivity contribution in [1.29, 1.82) is 0 Å². The van der Waals surface area contributed by atoms with E-state index in [1.807, 2.05) is 6.92 Å². The maximum absolute atomic E-state index is 5.45. The molecule has 2 rings (SSSR count). The highest BCUT2D eigenvalue weighted by atomic mass is 16.5. The Kier molecular flexibility index (Phi) is 4.01. The average Bonchev–Trinajstić information content (AvgIpc) is 2.86. The van der Waals surface area contributed by atoms with Crippen LogP contribution in [0.1, 0.15) is 24.7 Å². The fraction of sp³-hybridized carbons (Fsp3) is 0.692. The van der Waals surface area contributed by atoms with Crippen LogP contribution in [0.15, 0.2) is 0 Å². The van der Waals surface area contributed by atoms with Crippen LogP contribution in [0.25, 0.3) is 0 Å². The second kappa shape index (κ2) is 5.52. The Bertz CT molecular complexity index is 416. The lowest BCUT2D eigenvalue weighted by atomic mass is 10.2. The standard InChI is InChI=1S/C13H22N4O/c1-5-14-12-9(2)13(16-10(3)15-12)17(4)11-6-7-18-8-11/h11H,5-8H2,1-4H3,(H,14,15,16). The predicted molar refractivity (Wildman–Crippen MR) is 73.3 cm³/mol. The summed E-state index contributed by atoms with van der Waals surface area (Å²) in [6.07, 6.45) is 1.07. The van der Waals surface area contributed by atoms with E-state index in [0.29, 0.717) is 6.04 Å². The fourth-order valence-corrected chi connectivity index (χ4v) is 2.30. The van der Waals surface area contributed by atoms with E-state index in [1.165, 1.54) is 0 Å². The van der Waals surface area contributed by atoms with Crippen molar-refractivity contribution in [3.05, 3.63) is 11.4 Å². The number of likely N-dealkylation sites (N-methyl/N-ethyl adjacent to an activating group) is 1. The van der Waals surface area contributed by atoms with Gasteiger partial charge in [0.25, 0.3) is 0 Å². The van der Waals surface area contributed by atoms with E-state index in [-0.39, 0.29) is 0 Å². The lowest BCUT2D eigenvalue weighted by Gasteiger charge is -2.26. The minimum absolute atomic E-state index is 0.424. The van der Waals surface area contributed by atoms with E-state index in [9.17, 15) is 0 Å². The molecule has 0 spiro atoms. The highest BCUT2D eigenvalue weighted by molar-refractivity contribution is 5.58. The predicted octanol–water partition coefficient (Wildman–Crippen LogP) is 1.75. The number of anilines is 2. The summed E-state index contributed by atoms with van der Waals surface area (Å²) in [4.78, 5) is 11.3. The fourth-order valence-electron chi connectivity index (χ4n) is 2.30. The van der Waals surface area contributed by atoms with Gasteiger partial charge in [-0.15, -0.1) is 0 Å². The summed E-state index contributed by atoms with van der Waals surface area (Å²) in [5.41, 5.74) is 1.11. The molecule has 1 aromatic rings. The number of aromatic nitrogens is 2. The number of ether oxygens (including phenoxy) is 1. The molecule has 1 aromatic heterocycles. The Hall–Kier alpha value is -1.36. The first-order chi connectivity index (χ1) is 8.63. The highest BCUT2D eigenvalue weighted by Crippen LogP contribution is 2.26. The lowest BCUT2D eigenvalue weighted by Crippen LogP contribution is -2.33. The number of nitrogens with one attached hydrogen (secondary N) is 1. The van der Waals surface area contributed by atoms with Gasteiger partial charge in [-0.2, -0.15) is 0 Å². The van der Waals surface area contributed by atoms with Crippen LogP contribution in [0.5, 0.6) is 0 Å². The monoisotopic (exact) mass is 250 g/mol. The van der Waals surface area contributed by atoms with Crippen molar-refractivity contribution in [3.8, 4) is 0 Å². The number of aryl methyl sites for hydroxylation is 1. The molecule has 0 bridgehead atoms. The molecular weight excluding hydrogens is 228 g/mol. The zero-order chi connectivity index (χ0) is 13.1. The van der Waals surface area contributed by atoms with Gasteiger partial charge in [-0.05, 0) is 27.2 Å². The number of hydrogen-bond donors (Lipinski definition) is 1. The molecule has 1 saturated heterocycles. The molecule has 0 saturated carbocycles. The van der Waals surface area contributed by atoms with Crippen LogP contribution < -0.4 is 10.2 Å². The van der Waals surface area contributed by atoms with Crippen LogP contribution in [0.3, 0.4) is 0 Å². The summed E-state index contributed by atoms with van der Waals surface area (Å²) in [7, 11) is 2.09. The molecule has 1 fully saturated rings. The summed E-state index contributed by atoms with van der Waals surface area (Å²) in [5.74, 6) is 2.75. The zero-order valence-electron chi connectivity index (χ0n) is 11.7. The first-order valence-corrected chi connectivity index (χ1v) is 6.53. The second-order valence-electron chi connectivity index (χ2n) is 4.73. The molecule has 1 aliphatic heterocycles. The van der Waals surface area contributed by atoms with E-state index in [1.54, 1.807) is 0 Å². The number of rotatable bonds is 4. The van der Waals surface area contributed by atoms with E-state index < -0.39 is 0 Å². The van der Waals surface area contributed by atoms with Crippen molar-refractivity contribution in [2.75, 3.05) is 37.0 Å². The minimum Gasteiger partial charge on any atom is -0.379 e. The van der Waals surface area contributed by atoms with Crippen molar-refractivity contribution in [2.45, 2.75) is 33.2 Å². The molecule has 0 aromatic carbocycles. The summed E-state index contributed by atoms with van der Waals surface area (Å²) in [6, 6.07) is 0.424. The third-order valence-electron chi connectivity index (χ3n) is 3.36. The van der Waals surface area contributed by atoms with Crippen LogP contribution in [0.4, 0.5) is 11.6 Å². The second-order valence-corrected chi connectivity index (χ2v) is 4.73. The van der Waals surface area contributed by atoms with Gasteiger partial charge in [0.15, 0.2) is 0 Å². The van der Waals surface area contributed by atoms with Crippen LogP contribution in [0.2, 0.25) is 0 Å². The van der Waals surface area contributed by atoms with E-state index in [2.05, 4.69) is 41.1 Å². The summed E-state index contributed by atoms with van der Waals surface area (Å²) in [5, 5.41) is 3.29. The average molecular weight is 250 g/mol. The molecule has 0 amide bonds. The van der Waals surface area contributed by atoms with Gasteiger partial charge in [-0.3, -0.25) is 0 Å². The molecule has 18 heavy (non-hydrogen) atoms. The van der Waals surface area contributed by atoms with Gasteiger partial charge < -0.3 is 15.0 Å². The minimum atomic E-state index is 0.424. The summed E-state index contributed by atoms with van der Waals surface area (Å²) >= 11 is 0. The largest absolute Gasteiger partial charge is 0.379 e. The smallest absolute Gasteiger partial charge is 0.137 e. The van der Waals surface area contributed by atoms with Gasteiger partial charge in [0.1, 0.15) is 17.5 Å². The van der Waals surface area contributed by atoms with Gasteiger partial charge in [0, 0.05) is 25.8 Å². The Labute approximate surface area is 109 Å². The topological polar surface area (TPSA) is 50.3 Å². The van der Waals surface area contributed by atoms with E-state index >= 15 is 0 Å². The van der Waals surface area contributed by atoms with Crippen molar-refractivity contribution in [2.24, 2.45) is 0 Å². The molecule has 1 N–H and O–H groups in total. The molecule has 0 radical (unpaired) electrons. The summed E-state index contributed by atoms with van der Waals surface area (Å²) in [6.45, 7) is 8.58. The van der Waals surface area contributed by atoms with Crippen LogP contribution in [-0.2, 0) is 4.74 Å². The molecule has 1 aliphatic rings. The molecule has 1 unspecified atom stereocenters. The quantitative estimate of drug-likeness (QED) is 0.882. The SMILES string of the molecule is CCNc1nc(C)nc(N(C)C2CCOC2)c1C. The van der Waals surface area contributed by atoms with Crippen molar-refractivity contribution < 1.29 is 4.74 Å². The van der Waals surface area contributed by atoms with Gasteiger partial charge >= 0.3 is 0 Å². The first-order valence-electron chi connectivity index (χ1n) is 6.53. The van der Waals surface area contributed by atoms with Crippen molar-refractivity contribution in [3.63, 3.8) is 0 Å². The van der Waals surface area contributed by atoms with Crippen LogP contribution >= 0.6 is 0 Å². The highest BCUT2D eigenvalue weighted by Gasteiger charge is 2.23. The molecule has 2 heterocycles. The van der Waals surface area contributed by atoms with Crippen molar-refractivity contribution in [1.82, 2.24) is 9.97 Å². The van der Waals surface area contributed by atoms with Crippen LogP contribution in [-0.4, -0.2) is 42.8 Å². The molecule has 1 atom stereocenters. The number of hydrogen-bond acceptors (Lipinski definition) is 5. The Balaban J connectivity index is 2.30. The maximum atomic E-state index is 5.45. The molecular formula is C13H22N4O. The Morgan fingerprint density at radius 1 is 1.39 bits per heavy atom. The Morgan fingerprint density at radius 2 is 2.17 bits per heavy atom. The van der Waals surface area contributed by atoms with Gasteiger partial charge in [0.05, 0.1) is 12.6 Å². The maximum Gasteiger partial charge on any atom is 0.137 e. The third-order valence-corrected chi connectivity index (χ3v) is 3.36. The van der Waals surface area contributed by atoms with Gasteiger partial charge in [-0.25, -0.2) is 9.97 Å². The van der Waals surface area contributed by atoms with E-state index in [4.69, 9.17) is 4.74 Å². The lowest BCUT2D eigenvalue weighted by molar-refractivity contribution is 0.193. The summed E-state index contributed by atoms with van der Waals surface area (Å²) < 4.78 is 5.45. The van der Waals surface area contributed by atoms with Crippen LogP contribution in [0, 0.1) is 13.8 Å². The van der Waals surface area contributed by atoms with E-state index in [0.717, 1.165) is 49.2 Å². The first kappa shape index (κ1) is 13.1. The molecule has 100 valence electrons. The molecule has 5 heteroatoms. The molecule has 0 aliphatic carbocycles. The van der Waals surface area contributed by atoms with Gasteiger partial charge in [0.2, 0.25) is 0 Å².